The lowest BCUT2D eigenvalue weighted by Crippen LogP contribution is -1.87. The first-order valence-electron chi connectivity index (χ1n) is 4.05. The summed E-state index contributed by atoms with van der Waals surface area (Å²) >= 11 is 1.80. The van der Waals surface area contributed by atoms with Crippen LogP contribution >= 0.6 is 22.6 Å². The van der Waals surface area contributed by atoms with Crippen molar-refractivity contribution in [3.63, 3.8) is 0 Å². The molecule has 0 bridgehead atoms. The minimum absolute atomic E-state index is 0.0980. The zero-order valence-electron chi connectivity index (χ0n) is 7.67. The van der Waals surface area contributed by atoms with Crippen molar-refractivity contribution in [2.75, 3.05) is 0 Å². The maximum atomic E-state index is 11.0. The highest BCUT2D eigenvalue weighted by molar-refractivity contribution is 14.1. The Balaban J connectivity index is 3.04. The first-order chi connectivity index (χ1) is 6.11. The van der Waals surface area contributed by atoms with Crippen LogP contribution in [-0.2, 0) is 4.79 Å². The maximum Gasteiger partial charge on any atom is 0.218 e. The second-order valence-corrected chi connectivity index (χ2v) is 3.94. The van der Waals surface area contributed by atoms with E-state index in [1.54, 1.807) is 22.6 Å². The SMILES string of the molecule is C/C(=C\c1ccccc1C)C(=O)I. The summed E-state index contributed by atoms with van der Waals surface area (Å²) in [6.45, 7) is 3.87. The third-order valence-electron chi connectivity index (χ3n) is 1.87. The number of hydrogen-bond acceptors (Lipinski definition) is 1. The van der Waals surface area contributed by atoms with E-state index in [1.807, 2.05) is 44.2 Å². The van der Waals surface area contributed by atoms with Gasteiger partial charge in [0, 0.05) is 28.2 Å². The van der Waals surface area contributed by atoms with Crippen LogP contribution in [0.15, 0.2) is 29.8 Å². The molecule has 0 saturated heterocycles. The van der Waals surface area contributed by atoms with Crippen molar-refractivity contribution in [3.8, 4) is 0 Å². The van der Waals surface area contributed by atoms with Gasteiger partial charge in [0.1, 0.15) is 0 Å². The van der Waals surface area contributed by atoms with E-state index >= 15 is 0 Å². The van der Waals surface area contributed by atoms with E-state index in [9.17, 15) is 4.79 Å². The number of carbonyl (C=O) groups excluding carboxylic acids is 1. The highest BCUT2D eigenvalue weighted by Gasteiger charge is 1.99. The van der Waals surface area contributed by atoms with Crippen molar-refractivity contribution in [1.29, 1.82) is 0 Å². The molecule has 13 heavy (non-hydrogen) atoms. The van der Waals surface area contributed by atoms with E-state index in [1.165, 1.54) is 5.56 Å². The van der Waals surface area contributed by atoms with Gasteiger partial charge < -0.3 is 0 Å². The predicted octanol–water partition coefficient (Wildman–Crippen LogP) is 3.36. The van der Waals surface area contributed by atoms with Gasteiger partial charge in [-0.2, -0.15) is 0 Å². The fraction of sp³-hybridized carbons (Fsp3) is 0.182. The van der Waals surface area contributed by atoms with Crippen LogP contribution in [0, 0.1) is 6.92 Å². The molecule has 0 unspecified atom stereocenters. The van der Waals surface area contributed by atoms with Crippen molar-refractivity contribution in [2.24, 2.45) is 0 Å². The Morgan fingerprint density at radius 3 is 2.54 bits per heavy atom. The van der Waals surface area contributed by atoms with Crippen LogP contribution in [0.1, 0.15) is 18.1 Å². The molecule has 0 heterocycles. The molecular formula is C11H11IO. The number of benzene rings is 1. The number of hydrogen-bond donors (Lipinski definition) is 0. The van der Waals surface area contributed by atoms with Gasteiger partial charge in [-0.05, 0) is 31.1 Å². The molecule has 2 heteroatoms. The third kappa shape index (κ3) is 2.95. The van der Waals surface area contributed by atoms with E-state index in [4.69, 9.17) is 0 Å². The van der Waals surface area contributed by atoms with Crippen molar-refractivity contribution >= 4 is 32.5 Å². The lowest BCUT2D eigenvalue weighted by atomic mass is 10.1. The van der Waals surface area contributed by atoms with Crippen LogP contribution in [0.2, 0.25) is 0 Å². The lowest BCUT2D eigenvalue weighted by molar-refractivity contribution is -0.106. The smallest absolute Gasteiger partial charge is 0.218 e. The van der Waals surface area contributed by atoms with Gasteiger partial charge in [0.15, 0.2) is 0 Å². The number of carbonyl (C=O) groups is 1. The standard InChI is InChI=1S/C11H11IO/c1-8-5-3-4-6-10(8)7-9(2)11(12)13/h3-7H,1-2H3/b9-7+. The van der Waals surface area contributed by atoms with Crippen LogP contribution in [0.4, 0.5) is 0 Å². The van der Waals surface area contributed by atoms with Crippen molar-refractivity contribution in [3.05, 3.63) is 41.0 Å². The maximum absolute atomic E-state index is 11.0. The van der Waals surface area contributed by atoms with Crippen LogP contribution in [0.25, 0.3) is 6.08 Å². The molecule has 0 saturated carbocycles. The van der Waals surface area contributed by atoms with E-state index in [0.29, 0.717) is 0 Å². The zero-order chi connectivity index (χ0) is 9.84. The van der Waals surface area contributed by atoms with E-state index in [2.05, 4.69) is 0 Å². The molecule has 0 aromatic heterocycles. The Hall–Kier alpha value is -0.640. The Bertz CT molecular complexity index is 353. The Labute approximate surface area is 92.0 Å². The van der Waals surface area contributed by atoms with Crippen molar-refractivity contribution in [1.82, 2.24) is 0 Å². The first kappa shape index (κ1) is 10.4. The molecule has 0 fully saturated rings. The van der Waals surface area contributed by atoms with Gasteiger partial charge in [0.05, 0.1) is 0 Å². The summed E-state index contributed by atoms with van der Waals surface area (Å²) in [7, 11) is 0. The summed E-state index contributed by atoms with van der Waals surface area (Å²) in [4.78, 5) is 11.0. The van der Waals surface area contributed by atoms with Crippen LogP contribution in [-0.4, -0.2) is 3.79 Å². The molecule has 1 rings (SSSR count). The Kier molecular flexibility index (Phi) is 3.66. The van der Waals surface area contributed by atoms with Gasteiger partial charge in [-0.15, -0.1) is 0 Å². The van der Waals surface area contributed by atoms with Gasteiger partial charge in [0.2, 0.25) is 3.79 Å². The van der Waals surface area contributed by atoms with Crippen molar-refractivity contribution in [2.45, 2.75) is 13.8 Å². The van der Waals surface area contributed by atoms with E-state index in [0.717, 1.165) is 11.1 Å². The predicted molar refractivity (Wildman–Crippen MR) is 63.9 cm³/mol. The quantitative estimate of drug-likeness (QED) is 0.463. The minimum atomic E-state index is 0.0980. The average Bonchev–Trinajstić information content (AvgIpc) is 2.08. The van der Waals surface area contributed by atoms with Crippen molar-refractivity contribution < 1.29 is 4.79 Å². The van der Waals surface area contributed by atoms with E-state index in [-0.39, 0.29) is 3.79 Å². The van der Waals surface area contributed by atoms with Gasteiger partial charge in [-0.25, -0.2) is 0 Å². The Morgan fingerprint density at radius 1 is 1.38 bits per heavy atom. The molecule has 0 amide bonds. The number of aryl methyl sites for hydroxylation is 1. The summed E-state index contributed by atoms with van der Waals surface area (Å²) in [5, 5.41) is 0. The van der Waals surface area contributed by atoms with Crippen LogP contribution < -0.4 is 0 Å². The molecule has 0 N–H and O–H groups in total. The highest BCUT2D eigenvalue weighted by atomic mass is 127. The molecular weight excluding hydrogens is 275 g/mol. The summed E-state index contributed by atoms with van der Waals surface area (Å²) in [6.07, 6.45) is 1.92. The molecule has 0 atom stereocenters. The molecule has 0 aliphatic rings. The van der Waals surface area contributed by atoms with Crippen LogP contribution in [0.3, 0.4) is 0 Å². The lowest BCUT2D eigenvalue weighted by Gasteiger charge is -1.99. The molecule has 0 aliphatic heterocycles. The number of rotatable bonds is 2. The molecule has 0 aliphatic carbocycles. The van der Waals surface area contributed by atoms with Gasteiger partial charge in [-0.1, -0.05) is 24.3 Å². The summed E-state index contributed by atoms with van der Waals surface area (Å²) in [5.41, 5.74) is 3.10. The first-order valence-corrected chi connectivity index (χ1v) is 5.13. The largest absolute Gasteiger partial charge is 0.283 e. The number of halogens is 1. The third-order valence-corrected chi connectivity index (χ3v) is 2.72. The average molecular weight is 286 g/mol. The molecule has 0 spiro atoms. The summed E-state index contributed by atoms with van der Waals surface area (Å²) in [6, 6.07) is 8.02. The molecule has 0 radical (unpaired) electrons. The minimum Gasteiger partial charge on any atom is -0.283 e. The summed E-state index contributed by atoms with van der Waals surface area (Å²) in [5.74, 6) is 0. The second-order valence-electron chi connectivity index (χ2n) is 2.96. The Morgan fingerprint density at radius 2 is 2.00 bits per heavy atom. The molecule has 1 aromatic rings. The van der Waals surface area contributed by atoms with E-state index < -0.39 is 0 Å². The van der Waals surface area contributed by atoms with Gasteiger partial charge in [0.25, 0.3) is 0 Å². The normalized spacial score (nSPS) is 11.5. The second kappa shape index (κ2) is 4.56. The van der Waals surface area contributed by atoms with Gasteiger partial charge in [-0.3, -0.25) is 4.79 Å². The monoisotopic (exact) mass is 286 g/mol. The molecule has 68 valence electrons. The van der Waals surface area contributed by atoms with Gasteiger partial charge >= 0.3 is 0 Å². The molecule has 1 aromatic carbocycles. The topological polar surface area (TPSA) is 17.1 Å². The highest BCUT2D eigenvalue weighted by Crippen LogP contribution is 2.13. The summed E-state index contributed by atoms with van der Waals surface area (Å²) < 4.78 is 0.0980. The fourth-order valence-corrected chi connectivity index (χ4v) is 1.19. The zero-order valence-corrected chi connectivity index (χ0v) is 9.83. The molecule has 1 nitrogen and oxygen atoms in total. The fourth-order valence-electron chi connectivity index (χ4n) is 1.04. The number of allylic oxidation sites excluding steroid dienone is 1. The van der Waals surface area contributed by atoms with Crippen LogP contribution in [0.5, 0.6) is 0 Å².